The SMILES string of the molecule is CCn1ncc(Cl)c1C(=O)c1cn(C)nc1C. The van der Waals surface area contributed by atoms with E-state index in [2.05, 4.69) is 10.2 Å². The molecule has 2 heterocycles. The van der Waals surface area contributed by atoms with Gasteiger partial charge in [0, 0.05) is 19.8 Å². The normalized spacial score (nSPS) is 10.8. The fraction of sp³-hybridized carbons (Fsp3) is 0.364. The first kappa shape index (κ1) is 11.9. The molecule has 0 aliphatic rings. The molecule has 0 aliphatic heterocycles. The van der Waals surface area contributed by atoms with Crippen molar-refractivity contribution >= 4 is 17.4 Å². The van der Waals surface area contributed by atoms with Gasteiger partial charge in [-0.15, -0.1) is 0 Å². The molecule has 2 aromatic rings. The van der Waals surface area contributed by atoms with E-state index in [1.807, 2.05) is 6.92 Å². The Hall–Kier alpha value is -1.62. The van der Waals surface area contributed by atoms with Crippen LogP contribution in [0.3, 0.4) is 0 Å². The van der Waals surface area contributed by atoms with Gasteiger partial charge < -0.3 is 0 Å². The topological polar surface area (TPSA) is 52.7 Å². The van der Waals surface area contributed by atoms with E-state index in [1.165, 1.54) is 6.20 Å². The molecular weight excluding hydrogens is 240 g/mol. The van der Waals surface area contributed by atoms with Crippen LogP contribution in [0.1, 0.15) is 28.7 Å². The van der Waals surface area contributed by atoms with E-state index >= 15 is 0 Å². The second kappa shape index (κ2) is 4.33. The molecule has 0 aliphatic carbocycles. The number of nitrogens with zero attached hydrogens (tertiary/aromatic N) is 4. The number of carbonyl (C=O) groups excluding carboxylic acids is 1. The lowest BCUT2D eigenvalue weighted by Crippen LogP contribution is -2.11. The number of aryl methyl sites for hydroxylation is 3. The van der Waals surface area contributed by atoms with Gasteiger partial charge in [-0.25, -0.2) is 0 Å². The molecule has 0 aromatic carbocycles. The maximum absolute atomic E-state index is 12.3. The summed E-state index contributed by atoms with van der Waals surface area (Å²) in [7, 11) is 1.78. The number of hydrogen-bond donors (Lipinski definition) is 0. The number of aromatic nitrogens is 4. The summed E-state index contributed by atoms with van der Waals surface area (Å²) in [6.45, 7) is 4.32. The number of hydrogen-bond acceptors (Lipinski definition) is 3. The highest BCUT2D eigenvalue weighted by Gasteiger charge is 2.21. The first-order chi connectivity index (χ1) is 8.04. The lowest BCUT2D eigenvalue weighted by atomic mass is 10.1. The molecule has 0 radical (unpaired) electrons. The number of rotatable bonds is 3. The first-order valence-electron chi connectivity index (χ1n) is 5.30. The van der Waals surface area contributed by atoms with E-state index in [-0.39, 0.29) is 5.78 Å². The molecule has 90 valence electrons. The van der Waals surface area contributed by atoms with Gasteiger partial charge in [0.15, 0.2) is 0 Å². The molecule has 6 heteroatoms. The highest BCUT2D eigenvalue weighted by Crippen LogP contribution is 2.20. The number of ketones is 1. The minimum absolute atomic E-state index is 0.139. The summed E-state index contributed by atoms with van der Waals surface area (Å²) < 4.78 is 3.21. The van der Waals surface area contributed by atoms with Crippen molar-refractivity contribution in [3.05, 3.63) is 34.4 Å². The van der Waals surface area contributed by atoms with E-state index in [9.17, 15) is 4.79 Å². The molecule has 2 aromatic heterocycles. The van der Waals surface area contributed by atoms with Crippen molar-refractivity contribution in [3.8, 4) is 0 Å². The highest BCUT2D eigenvalue weighted by molar-refractivity contribution is 6.34. The molecule has 0 N–H and O–H groups in total. The van der Waals surface area contributed by atoms with Crippen molar-refractivity contribution < 1.29 is 4.79 Å². The van der Waals surface area contributed by atoms with Crippen LogP contribution in [-0.4, -0.2) is 25.3 Å². The van der Waals surface area contributed by atoms with Gasteiger partial charge in [0.1, 0.15) is 5.69 Å². The van der Waals surface area contributed by atoms with Crippen LogP contribution in [0.15, 0.2) is 12.4 Å². The summed E-state index contributed by atoms with van der Waals surface area (Å²) in [5.74, 6) is -0.139. The van der Waals surface area contributed by atoms with Gasteiger partial charge in [0.05, 0.1) is 22.5 Å². The number of carbonyl (C=O) groups is 1. The minimum Gasteiger partial charge on any atom is -0.287 e. The fourth-order valence-corrected chi connectivity index (χ4v) is 2.01. The molecule has 0 bridgehead atoms. The lowest BCUT2D eigenvalue weighted by Gasteiger charge is -2.03. The Kier molecular flexibility index (Phi) is 3.02. The largest absolute Gasteiger partial charge is 0.287 e. The van der Waals surface area contributed by atoms with Gasteiger partial charge in [0.25, 0.3) is 0 Å². The second-order valence-electron chi connectivity index (χ2n) is 3.79. The van der Waals surface area contributed by atoms with Crippen LogP contribution in [0.4, 0.5) is 0 Å². The molecule has 0 fully saturated rings. The van der Waals surface area contributed by atoms with Crippen LogP contribution in [-0.2, 0) is 13.6 Å². The molecule has 2 rings (SSSR count). The van der Waals surface area contributed by atoms with Crippen molar-refractivity contribution in [1.82, 2.24) is 19.6 Å². The Bertz CT molecular complexity index is 570. The van der Waals surface area contributed by atoms with Gasteiger partial charge in [-0.1, -0.05) is 11.6 Å². The Labute approximate surface area is 104 Å². The van der Waals surface area contributed by atoms with E-state index < -0.39 is 0 Å². The van der Waals surface area contributed by atoms with E-state index in [0.29, 0.717) is 28.5 Å². The average Bonchev–Trinajstić information content (AvgIpc) is 2.80. The van der Waals surface area contributed by atoms with Crippen LogP contribution >= 0.6 is 11.6 Å². The average molecular weight is 253 g/mol. The van der Waals surface area contributed by atoms with Crippen molar-refractivity contribution in [2.24, 2.45) is 7.05 Å². The first-order valence-corrected chi connectivity index (χ1v) is 5.68. The summed E-state index contributed by atoms with van der Waals surface area (Å²) in [4.78, 5) is 12.3. The zero-order valence-electron chi connectivity index (χ0n) is 9.94. The van der Waals surface area contributed by atoms with Crippen LogP contribution in [0.5, 0.6) is 0 Å². The fourth-order valence-electron chi connectivity index (χ4n) is 1.78. The summed E-state index contributed by atoms with van der Waals surface area (Å²) in [5, 5.41) is 8.58. The van der Waals surface area contributed by atoms with E-state index in [1.54, 1.807) is 29.5 Å². The van der Waals surface area contributed by atoms with Crippen molar-refractivity contribution in [2.45, 2.75) is 20.4 Å². The third-order valence-corrected chi connectivity index (χ3v) is 2.84. The molecule has 0 spiro atoms. The summed E-state index contributed by atoms with van der Waals surface area (Å²) in [5.41, 5.74) is 1.67. The lowest BCUT2D eigenvalue weighted by molar-refractivity contribution is 0.102. The van der Waals surface area contributed by atoms with Crippen molar-refractivity contribution in [3.63, 3.8) is 0 Å². The van der Waals surface area contributed by atoms with Gasteiger partial charge in [-0.2, -0.15) is 10.2 Å². The molecular formula is C11H13ClN4O. The minimum atomic E-state index is -0.139. The Morgan fingerprint density at radius 3 is 2.76 bits per heavy atom. The third kappa shape index (κ3) is 1.98. The summed E-state index contributed by atoms with van der Waals surface area (Å²) in [6.07, 6.45) is 3.19. The molecule has 0 saturated heterocycles. The Morgan fingerprint density at radius 1 is 1.53 bits per heavy atom. The molecule has 0 saturated carbocycles. The maximum Gasteiger partial charge on any atom is 0.215 e. The van der Waals surface area contributed by atoms with Crippen LogP contribution in [0.2, 0.25) is 5.02 Å². The van der Waals surface area contributed by atoms with E-state index in [0.717, 1.165) is 0 Å². The maximum atomic E-state index is 12.3. The predicted molar refractivity (Wildman–Crippen MR) is 64.3 cm³/mol. The molecule has 5 nitrogen and oxygen atoms in total. The Balaban J connectivity index is 2.50. The van der Waals surface area contributed by atoms with Gasteiger partial charge >= 0.3 is 0 Å². The third-order valence-electron chi connectivity index (χ3n) is 2.57. The van der Waals surface area contributed by atoms with Crippen molar-refractivity contribution in [2.75, 3.05) is 0 Å². The van der Waals surface area contributed by atoms with E-state index in [4.69, 9.17) is 11.6 Å². The molecule has 0 unspecified atom stereocenters. The number of halogens is 1. The van der Waals surface area contributed by atoms with Gasteiger partial charge in [-0.05, 0) is 13.8 Å². The summed E-state index contributed by atoms with van der Waals surface area (Å²) in [6, 6.07) is 0. The Morgan fingerprint density at radius 2 is 2.24 bits per heavy atom. The smallest absolute Gasteiger partial charge is 0.215 e. The standard InChI is InChI=1S/C11H13ClN4O/c1-4-16-10(9(12)5-13-16)11(17)8-6-15(3)14-7(8)2/h5-6H,4H2,1-3H3. The monoisotopic (exact) mass is 252 g/mol. The molecule has 0 amide bonds. The van der Waals surface area contributed by atoms with Crippen molar-refractivity contribution in [1.29, 1.82) is 0 Å². The predicted octanol–water partition coefficient (Wildman–Crippen LogP) is 1.83. The van der Waals surface area contributed by atoms with Crippen LogP contribution in [0, 0.1) is 6.92 Å². The molecule has 17 heavy (non-hydrogen) atoms. The van der Waals surface area contributed by atoms with Crippen LogP contribution < -0.4 is 0 Å². The highest BCUT2D eigenvalue weighted by atomic mass is 35.5. The zero-order valence-corrected chi connectivity index (χ0v) is 10.7. The molecule has 0 atom stereocenters. The second-order valence-corrected chi connectivity index (χ2v) is 4.20. The zero-order chi connectivity index (χ0) is 12.6. The summed E-state index contributed by atoms with van der Waals surface area (Å²) >= 11 is 6.00. The quantitative estimate of drug-likeness (QED) is 0.783. The van der Waals surface area contributed by atoms with Gasteiger partial charge in [-0.3, -0.25) is 14.2 Å². The van der Waals surface area contributed by atoms with Gasteiger partial charge in [0.2, 0.25) is 5.78 Å². The van der Waals surface area contributed by atoms with Crippen LogP contribution in [0.25, 0.3) is 0 Å².